The summed E-state index contributed by atoms with van der Waals surface area (Å²) in [5, 5.41) is 8.47. The van der Waals surface area contributed by atoms with Crippen LogP contribution in [0.3, 0.4) is 0 Å². The van der Waals surface area contributed by atoms with Crippen LogP contribution in [0.4, 0.5) is 0 Å². The number of carboxylic acids is 1. The third kappa shape index (κ3) is 6.10. The first-order valence-electron chi connectivity index (χ1n) is 6.36. The quantitative estimate of drug-likeness (QED) is 0.496. The van der Waals surface area contributed by atoms with Gasteiger partial charge in [0.25, 0.3) is 0 Å². The fraction of sp³-hybridized carbons (Fsp3) is 0.385. The molecule has 8 nitrogen and oxygen atoms in total. The maximum Gasteiger partial charge on any atom is 0.343 e. The van der Waals surface area contributed by atoms with Crippen LogP contribution in [-0.4, -0.2) is 45.7 Å². The number of hydrogen-bond acceptors (Lipinski definition) is 6. The van der Waals surface area contributed by atoms with Crippen molar-refractivity contribution in [2.24, 2.45) is 0 Å². The van der Waals surface area contributed by atoms with Crippen molar-refractivity contribution in [3.05, 3.63) is 24.3 Å². The molecule has 0 spiro atoms. The van der Waals surface area contributed by atoms with Crippen LogP contribution in [0, 0.1) is 0 Å². The zero-order valence-electron chi connectivity index (χ0n) is 11.9. The molecule has 1 aromatic rings. The van der Waals surface area contributed by atoms with E-state index in [1.807, 2.05) is 0 Å². The van der Waals surface area contributed by atoms with Gasteiger partial charge in [0, 0.05) is 13.0 Å². The molecule has 1 aromatic carbocycles. The lowest BCUT2D eigenvalue weighted by atomic mass is 10.3. The first kappa shape index (κ1) is 17.9. The zero-order chi connectivity index (χ0) is 16.6. The van der Waals surface area contributed by atoms with Crippen molar-refractivity contribution in [1.82, 2.24) is 4.72 Å². The van der Waals surface area contributed by atoms with Crippen molar-refractivity contribution < 1.29 is 32.6 Å². The third-order valence-electron chi connectivity index (χ3n) is 2.58. The number of esters is 1. The number of benzene rings is 1. The summed E-state index contributed by atoms with van der Waals surface area (Å²) in [6.45, 7) is -0.231. The molecular weight excluding hydrogens is 314 g/mol. The van der Waals surface area contributed by atoms with Gasteiger partial charge in [0.1, 0.15) is 5.75 Å². The molecule has 0 aromatic heterocycles. The Morgan fingerprint density at radius 1 is 1.23 bits per heavy atom. The van der Waals surface area contributed by atoms with E-state index in [0.29, 0.717) is 5.75 Å². The number of nitrogens with one attached hydrogen (secondary N) is 1. The molecule has 0 atom stereocenters. The lowest BCUT2D eigenvalue weighted by Gasteiger charge is -2.08. The Kier molecular flexibility index (Phi) is 6.80. The highest BCUT2D eigenvalue weighted by molar-refractivity contribution is 7.89. The topological polar surface area (TPSA) is 119 Å². The maximum atomic E-state index is 11.9. The number of aliphatic carboxylic acids is 1. The summed E-state index contributed by atoms with van der Waals surface area (Å²) < 4.78 is 35.7. The van der Waals surface area contributed by atoms with Crippen LogP contribution in [0.2, 0.25) is 0 Å². The van der Waals surface area contributed by atoms with E-state index in [1.54, 1.807) is 0 Å². The Hall–Kier alpha value is -2.13. The highest BCUT2D eigenvalue weighted by Crippen LogP contribution is 2.15. The van der Waals surface area contributed by atoms with Crippen LogP contribution < -0.4 is 9.46 Å². The Balaban J connectivity index is 2.56. The number of rotatable bonds is 9. The average Bonchev–Trinajstić information content (AvgIpc) is 2.49. The second-order valence-corrected chi connectivity index (χ2v) is 6.00. The molecule has 0 aliphatic carbocycles. The fourth-order valence-electron chi connectivity index (χ4n) is 1.45. The van der Waals surface area contributed by atoms with Crippen molar-refractivity contribution in [1.29, 1.82) is 0 Å². The minimum atomic E-state index is -3.70. The van der Waals surface area contributed by atoms with E-state index in [0.717, 1.165) is 0 Å². The monoisotopic (exact) mass is 331 g/mol. The molecule has 2 N–H and O–H groups in total. The Morgan fingerprint density at radius 3 is 2.41 bits per heavy atom. The average molecular weight is 331 g/mol. The van der Waals surface area contributed by atoms with Gasteiger partial charge in [-0.2, -0.15) is 0 Å². The van der Waals surface area contributed by atoms with E-state index >= 15 is 0 Å². The molecule has 0 radical (unpaired) electrons. The first-order valence-corrected chi connectivity index (χ1v) is 7.84. The molecule has 9 heteroatoms. The van der Waals surface area contributed by atoms with Crippen LogP contribution in [-0.2, 0) is 24.3 Å². The van der Waals surface area contributed by atoms with Crippen LogP contribution in [0.1, 0.15) is 12.8 Å². The van der Waals surface area contributed by atoms with Crippen LogP contribution in [0.15, 0.2) is 29.2 Å². The molecular formula is C13H17NO7S. The predicted octanol–water partition coefficient (Wildman–Crippen LogP) is 0.381. The number of hydrogen-bond donors (Lipinski definition) is 2. The van der Waals surface area contributed by atoms with E-state index in [-0.39, 0.29) is 30.9 Å². The Morgan fingerprint density at radius 2 is 1.86 bits per heavy atom. The van der Waals surface area contributed by atoms with E-state index in [1.165, 1.54) is 31.4 Å². The smallest absolute Gasteiger partial charge is 0.343 e. The van der Waals surface area contributed by atoms with Gasteiger partial charge in [0.15, 0.2) is 6.61 Å². The number of carboxylic acid groups (broad SMARTS) is 1. The number of ether oxygens (including phenoxy) is 2. The highest BCUT2D eigenvalue weighted by atomic mass is 32.2. The largest absolute Gasteiger partial charge is 0.482 e. The first-order chi connectivity index (χ1) is 10.3. The highest BCUT2D eigenvalue weighted by Gasteiger charge is 2.13. The van der Waals surface area contributed by atoms with Crippen LogP contribution >= 0.6 is 0 Å². The minimum Gasteiger partial charge on any atom is -0.482 e. The molecule has 0 aliphatic heterocycles. The molecule has 0 saturated heterocycles. The van der Waals surface area contributed by atoms with Gasteiger partial charge >= 0.3 is 11.9 Å². The summed E-state index contributed by atoms with van der Waals surface area (Å²) in [5.74, 6) is -1.20. The van der Waals surface area contributed by atoms with E-state index in [4.69, 9.17) is 9.84 Å². The standard InChI is InChI=1S/C13H17NO7S/c1-20-13(17)9-21-10-4-6-11(7-5-10)22(18,19)14-8-2-3-12(15)16/h4-7,14H,2-3,8-9H2,1H3,(H,15,16). The molecule has 122 valence electrons. The third-order valence-corrected chi connectivity index (χ3v) is 4.05. The lowest BCUT2D eigenvalue weighted by Crippen LogP contribution is -2.25. The van der Waals surface area contributed by atoms with Crippen LogP contribution in [0.25, 0.3) is 0 Å². The Bertz CT molecular complexity index is 610. The minimum absolute atomic E-state index is 0.0215. The maximum absolute atomic E-state index is 11.9. The normalized spacial score (nSPS) is 11.0. The van der Waals surface area contributed by atoms with Crippen molar-refractivity contribution in [3.63, 3.8) is 0 Å². The van der Waals surface area contributed by atoms with E-state index in [9.17, 15) is 18.0 Å². The second kappa shape index (κ2) is 8.35. The summed E-state index contributed by atoms with van der Waals surface area (Å²) >= 11 is 0. The molecule has 0 unspecified atom stereocenters. The molecule has 0 bridgehead atoms. The number of methoxy groups -OCH3 is 1. The number of carbonyl (C=O) groups is 2. The van der Waals surface area contributed by atoms with Gasteiger partial charge in [0.2, 0.25) is 10.0 Å². The molecule has 0 amide bonds. The molecule has 0 aliphatic rings. The molecule has 0 fully saturated rings. The lowest BCUT2D eigenvalue weighted by molar-refractivity contribution is -0.143. The van der Waals surface area contributed by atoms with E-state index < -0.39 is 22.0 Å². The summed E-state index contributed by atoms with van der Waals surface area (Å²) in [4.78, 5) is 21.3. The zero-order valence-corrected chi connectivity index (χ0v) is 12.8. The van der Waals surface area contributed by atoms with Gasteiger partial charge in [0.05, 0.1) is 12.0 Å². The van der Waals surface area contributed by atoms with Crippen molar-refractivity contribution >= 4 is 22.0 Å². The molecule has 0 saturated carbocycles. The number of sulfonamides is 1. The van der Waals surface area contributed by atoms with Crippen molar-refractivity contribution in [2.45, 2.75) is 17.7 Å². The van der Waals surface area contributed by atoms with Gasteiger partial charge in [-0.05, 0) is 30.7 Å². The van der Waals surface area contributed by atoms with Crippen LogP contribution in [0.5, 0.6) is 5.75 Å². The molecule has 1 rings (SSSR count). The van der Waals surface area contributed by atoms with Gasteiger partial charge in [-0.15, -0.1) is 0 Å². The summed E-state index contributed by atoms with van der Waals surface area (Å²) in [6, 6.07) is 5.47. The summed E-state index contributed by atoms with van der Waals surface area (Å²) in [6.07, 6.45) is 0.0950. The van der Waals surface area contributed by atoms with Gasteiger partial charge in [-0.1, -0.05) is 0 Å². The summed E-state index contributed by atoms with van der Waals surface area (Å²) in [5.41, 5.74) is 0. The predicted molar refractivity (Wildman–Crippen MR) is 76.0 cm³/mol. The van der Waals surface area contributed by atoms with Gasteiger partial charge in [-0.3, -0.25) is 4.79 Å². The second-order valence-electron chi connectivity index (χ2n) is 4.23. The van der Waals surface area contributed by atoms with Gasteiger partial charge in [-0.25, -0.2) is 17.9 Å². The molecule has 0 heterocycles. The Labute approximate surface area is 128 Å². The van der Waals surface area contributed by atoms with E-state index in [2.05, 4.69) is 9.46 Å². The van der Waals surface area contributed by atoms with Gasteiger partial charge < -0.3 is 14.6 Å². The summed E-state index contributed by atoms with van der Waals surface area (Å²) in [7, 11) is -2.47. The van der Waals surface area contributed by atoms with Crippen molar-refractivity contribution in [3.8, 4) is 5.75 Å². The number of carbonyl (C=O) groups excluding carboxylic acids is 1. The molecule has 22 heavy (non-hydrogen) atoms. The fourth-order valence-corrected chi connectivity index (χ4v) is 2.52. The van der Waals surface area contributed by atoms with Crippen molar-refractivity contribution in [2.75, 3.05) is 20.3 Å². The SMILES string of the molecule is COC(=O)COc1ccc(S(=O)(=O)NCCCC(=O)O)cc1.